The third-order valence-corrected chi connectivity index (χ3v) is 7.04. The van der Waals surface area contributed by atoms with E-state index >= 15 is 0 Å². The molecule has 0 saturated carbocycles. The van der Waals surface area contributed by atoms with Crippen LogP contribution in [0.2, 0.25) is 0 Å². The standard InChI is InChI=1S/C27H35FN6O2S/c1-19(2)22-17-25(34-15-13-33(14-16-34)23-8-6-5-7-21(23)28)31-27(30-22)37-18-20-9-10-24(36-20)26(35)29-11-12-32(3)4/h5-10,17,19H,11-16,18H2,1-4H3,(H,29,35). The average Bonchev–Trinajstić information content (AvgIpc) is 3.37. The highest BCUT2D eigenvalue weighted by Crippen LogP contribution is 2.28. The van der Waals surface area contributed by atoms with Gasteiger partial charge in [0.25, 0.3) is 5.91 Å². The first-order valence-corrected chi connectivity index (χ1v) is 13.6. The molecule has 3 aromatic rings. The van der Waals surface area contributed by atoms with E-state index in [1.807, 2.05) is 37.2 Å². The van der Waals surface area contributed by atoms with E-state index in [0.717, 1.165) is 44.2 Å². The molecule has 198 valence electrons. The van der Waals surface area contributed by atoms with Crippen LogP contribution in [0.3, 0.4) is 0 Å². The Morgan fingerprint density at radius 3 is 2.54 bits per heavy atom. The number of amides is 1. The molecule has 1 amide bonds. The maximum absolute atomic E-state index is 14.2. The van der Waals surface area contributed by atoms with Gasteiger partial charge in [0.05, 0.1) is 11.4 Å². The molecule has 1 aliphatic heterocycles. The van der Waals surface area contributed by atoms with Gasteiger partial charge in [-0.1, -0.05) is 37.7 Å². The van der Waals surface area contributed by atoms with Crippen molar-refractivity contribution < 1.29 is 13.6 Å². The predicted molar refractivity (Wildman–Crippen MR) is 146 cm³/mol. The van der Waals surface area contributed by atoms with Gasteiger partial charge >= 0.3 is 0 Å². The third-order valence-electron chi connectivity index (χ3n) is 6.17. The highest BCUT2D eigenvalue weighted by atomic mass is 32.2. The number of thioether (sulfide) groups is 1. The van der Waals surface area contributed by atoms with Crippen molar-refractivity contribution in [3.8, 4) is 0 Å². The zero-order valence-electron chi connectivity index (χ0n) is 21.9. The van der Waals surface area contributed by atoms with Gasteiger partial charge in [0, 0.05) is 51.0 Å². The van der Waals surface area contributed by atoms with Crippen molar-refractivity contribution >= 4 is 29.2 Å². The number of carbonyl (C=O) groups excluding carboxylic acids is 1. The van der Waals surface area contributed by atoms with E-state index in [1.165, 1.54) is 17.8 Å². The predicted octanol–water partition coefficient (Wildman–Crippen LogP) is 4.24. The van der Waals surface area contributed by atoms with Crippen LogP contribution in [-0.4, -0.2) is 74.1 Å². The maximum Gasteiger partial charge on any atom is 0.287 e. The van der Waals surface area contributed by atoms with E-state index in [4.69, 9.17) is 14.4 Å². The van der Waals surface area contributed by atoms with Gasteiger partial charge < -0.3 is 24.4 Å². The summed E-state index contributed by atoms with van der Waals surface area (Å²) in [6, 6.07) is 12.5. The summed E-state index contributed by atoms with van der Waals surface area (Å²) in [6.45, 7) is 8.49. The Morgan fingerprint density at radius 1 is 1.11 bits per heavy atom. The summed E-state index contributed by atoms with van der Waals surface area (Å²) in [5.41, 5.74) is 1.62. The number of benzene rings is 1. The molecule has 4 rings (SSSR count). The quantitative estimate of drug-likeness (QED) is 0.311. The molecular weight excluding hydrogens is 491 g/mol. The molecule has 8 nitrogen and oxygen atoms in total. The Bertz CT molecular complexity index is 1190. The van der Waals surface area contributed by atoms with Gasteiger partial charge in [-0.25, -0.2) is 14.4 Å². The number of piperazine rings is 1. The van der Waals surface area contributed by atoms with Crippen molar-refractivity contribution in [3.05, 3.63) is 65.5 Å². The van der Waals surface area contributed by atoms with Crippen LogP contribution in [0.5, 0.6) is 0 Å². The molecule has 1 aromatic carbocycles. The maximum atomic E-state index is 14.2. The molecule has 0 atom stereocenters. The van der Waals surface area contributed by atoms with Gasteiger partial charge in [0.15, 0.2) is 10.9 Å². The topological polar surface area (TPSA) is 77.7 Å². The molecule has 10 heteroatoms. The van der Waals surface area contributed by atoms with E-state index in [1.54, 1.807) is 12.1 Å². The van der Waals surface area contributed by atoms with Gasteiger partial charge in [0.2, 0.25) is 0 Å². The highest BCUT2D eigenvalue weighted by Gasteiger charge is 2.22. The van der Waals surface area contributed by atoms with Crippen LogP contribution in [0.25, 0.3) is 0 Å². The molecule has 37 heavy (non-hydrogen) atoms. The third kappa shape index (κ3) is 7.23. The zero-order chi connectivity index (χ0) is 26.4. The second-order valence-corrected chi connectivity index (χ2v) is 10.6. The molecular formula is C27H35FN6O2S. The zero-order valence-corrected chi connectivity index (χ0v) is 22.7. The lowest BCUT2D eigenvalue weighted by Crippen LogP contribution is -2.47. The number of anilines is 2. The first-order chi connectivity index (χ1) is 17.8. The summed E-state index contributed by atoms with van der Waals surface area (Å²) in [6.07, 6.45) is 0. The lowest BCUT2D eigenvalue weighted by molar-refractivity contribution is 0.0922. The van der Waals surface area contributed by atoms with Crippen LogP contribution in [0.4, 0.5) is 15.9 Å². The number of para-hydroxylation sites is 1. The minimum absolute atomic E-state index is 0.189. The Kier molecular flexibility index (Phi) is 9.04. The van der Waals surface area contributed by atoms with Crippen LogP contribution in [0, 0.1) is 5.82 Å². The number of halogens is 1. The number of carbonyl (C=O) groups is 1. The van der Waals surface area contributed by atoms with E-state index < -0.39 is 0 Å². The lowest BCUT2D eigenvalue weighted by atomic mass is 10.1. The van der Waals surface area contributed by atoms with Crippen LogP contribution < -0.4 is 15.1 Å². The van der Waals surface area contributed by atoms with Crippen LogP contribution in [0.15, 0.2) is 52.0 Å². The smallest absolute Gasteiger partial charge is 0.287 e. The normalized spacial score (nSPS) is 14.0. The molecule has 1 aliphatic rings. The SMILES string of the molecule is CC(C)c1cc(N2CCN(c3ccccc3F)CC2)nc(SCc2ccc(C(=O)NCCN(C)C)o2)n1. The number of aromatic nitrogens is 2. The molecule has 0 spiro atoms. The number of nitrogens with zero attached hydrogens (tertiary/aromatic N) is 5. The molecule has 1 N–H and O–H groups in total. The number of nitrogens with one attached hydrogen (secondary N) is 1. The molecule has 0 radical (unpaired) electrons. The number of furan rings is 1. The fourth-order valence-electron chi connectivity index (χ4n) is 4.03. The molecule has 0 bridgehead atoms. The summed E-state index contributed by atoms with van der Waals surface area (Å²) in [5, 5.41) is 3.53. The van der Waals surface area contributed by atoms with Crippen LogP contribution in [0.1, 0.15) is 41.8 Å². The second kappa shape index (κ2) is 12.4. The Morgan fingerprint density at radius 2 is 1.84 bits per heavy atom. The number of rotatable bonds is 10. The number of hydrogen-bond acceptors (Lipinski definition) is 8. The fraction of sp³-hybridized carbons (Fsp3) is 0.444. The van der Waals surface area contributed by atoms with E-state index in [-0.39, 0.29) is 17.6 Å². The molecule has 1 fully saturated rings. The van der Waals surface area contributed by atoms with Crippen LogP contribution in [-0.2, 0) is 5.75 Å². The van der Waals surface area contributed by atoms with Crippen molar-refractivity contribution in [1.29, 1.82) is 0 Å². The summed E-state index contributed by atoms with van der Waals surface area (Å²) < 4.78 is 20.0. The summed E-state index contributed by atoms with van der Waals surface area (Å²) in [4.78, 5) is 28.2. The number of likely N-dealkylation sites (N-methyl/N-ethyl adjacent to an activating group) is 1. The fourth-order valence-corrected chi connectivity index (χ4v) is 4.79. The molecule has 3 heterocycles. The summed E-state index contributed by atoms with van der Waals surface area (Å²) in [7, 11) is 3.92. The molecule has 1 saturated heterocycles. The van der Waals surface area contributed by atoms with E-state index in [0.29, 0.717) is 34.7 Å². The van der Waals surface area contributed by atoms with Gasteiger partial charge in [-0.3, -0.25) is 4.79 Å². The molecule has 0 unspecified atom stereocenters. The highest BCUT2D eigenvalue weighted by molar-refractivity contribution is 7.98. The summed E-state index contributed by atoms with van der Waals surface area (Å²) >= 11 is 1.49. The first kappa shape index (κ1) is 26.9. The van der Waals surface area contributed by atoms with Gasteiger partial charge in [-0.05, 0) is 44.3 Å². The average molecular weight is 527 g/mol. The Hall–Kier alpha value is -3.11. The van der Waals surface area contributed by atoms with Crippen LogP contribution >= 0.6 is 11.8 Å². The summed E-state index contributed by atoms with van der Waals surface area (Å²) in [5.74, 6) is 2.25. The van der Waals surface area contributed by atoms with Crippen molar-refractivity contribution in [3.63, 3.8) is 0 Å². The monoisotopic (exact) mass is 526 g/mol. The Balaban J connectivity index is 1.39. The van der Waals surface area contributed by atoms with E-state index in [2.05, 4.69) is 35.0 Å². The minimum atomic E-state index is -0.215. The Labute approximate surface area is 222 Å². The second-order valence-electron chi connectivity index (χ2n) is 9.63. The number of hydrogen-bond donors (Lipinski definition) is 1. The van der Waals surface area contributed by atoms with Gasteiger partial charge in [0.1, 0.15) is 17.4 Å². The van der Waals surface area contributed by atoms with Crippen molar-refractivity contribution in [1.82, 2.24) is 20.2 Å². The minimum Gasteiger partial charge on any atom is -0.455 e. The van der Waals surface area contributed by atoms with E-state index in [9.17, 15) is 9.18 Å². The lowest BCUT2D eigenvalue weighted by Gasteiger charge is -2.37. The van der Waals surface area contributed by atoms with Gasteiger partial charge in [-0.15, -0.1) is 0 Å². The molecule has 2 aromatic heterocycles. The first-order valence-electron chi connectivity index (χ1n) is 12.6. The van der Waals surface area contributed by atoms with Crippen molar-refractivity contribution in [2.24, 2.45) is 0 Å². The van der Waals surface area contributed by atoms with Gasteiger partial charge in [-0.2, -0.15) is 0 Å². The van der Waals surface area contributed by atoms with Crippen molar-refractivity contribution in [2.45, 2.75) is 30.7 Å². The largest absolute Gasteiger partial charge is 0.455 e. The molecule has 0 aliphatic carbocycles. The van der Waals surface area contributed by atoms with Crippen molar-refractivity contribution in [2.75, 3.05) is 63.2 Å².